The summed E-state index contributed by atoms with van der Waals surface area (Å²) >= 11 is 7.62. The Kier molecular flexibility index (Phi) is 6.46. The molecule has 138 valence electrons. The van der Waals surface area contributed by atoms with Crippen molar-refractivity contribution in [2.75, 3.05) is 0 Å². The van der Waals surface area contributed by atoms with Crippen molar-refractivity contribution in [3.63, 3.8) is 0 Å². The van der Waals surface area contributed by atoms with Crippen molar-refractivity contribution in [1.82, 2.24) is 4.57 Å². The normalized spacial score (nSPS) is 12.1. The van der Waals surface area contributed by atoms with Gasteiger partial charge >= 0.3 is 0 Å². The van der Waals surface area contributed by atoms with E-state index < -0.39 is 10.0 Å². The number of primary sulfonamides is 1. The summed E-state index contributed by atoms with van der Waals surface area (Å²) in [6, 6.07) is 12.2. The number of hydrogen-bond acceptors (Lipinski definition) is 4. The highest BCUT2D eigenvalue weighted by atomic mass is 79.9. The molecule has 0 aliphatic rings. The average Bonchev–Trinajstić information content (AvgIpc) is 2.90. The lowest BCUT2D eigenvalue weighted by molar-refractivity contribution is 0.598. The van der Waals surface area contributed by atoms with Crippen LogP contribution in [0.15, 0.2) is 57.7 Å². The van der Waals surface area contributed by atoms with E-state index in [-0.39, 0.29) is 21.9 Å². The fourth-order valence-corrected chi connectivity index (χ4v) is 4.04. The second-order valence-corrected chi connectivity index (χ2v) is 8.35. The summed E-state index contributed by atoms with van der Waals surface area (Å²) in [5.74, 6) is 0. The maximum Gasteiger partial charge on any atom is 0.238 e. The Morgan fingerprint density at radius 1 is 1.19 bits per heavy atom. The summed E-state index contributed by atoms with van der Waals surface area (Å²) in [6.45, 7) is 1.92. The molecule has 0 fully saturated rings. The number of aryl methyl sites for hydroxylation is 1. The first-order chi connectivity index (χ1) is 11.8. The third kappa shape index (κ3) is 4.27. The Hall–Kier alpha value is -1.45. The van der Waals surface area contributed by atoms with Gasteiger partial charge in [0.25, 0.3) is 0 Å². The van der Waals surface area contributed by atoms with Gasteiger partial charge in [0.05, 0.1) is 21.3 Å². The molecular weight excluding hydrogens is 458 g/mol. The number of aromatic nitrogens is 1. The zero-order valence-electron chi connectivity index (χ0n) is 14.0. The van der Waals surface area contributed by atoms with Crippen molar-refractivity contribution in [2.24, 2.45) is 17.2 Å². The number of sulfonamides is 1. The van der Waals surface area contributed by atoms with Gasteiger partial charge in [0.1, 0.15) is 0 Å². The highest BCUT2D eigenvalue weighted by molar-refractivity contribution is 8.93. The third-order valence-electron chi connectivity index (χ3n) is 3.81. The average molecular weight is 475 g/mol. The van der Waals surface area contributed by atoms with Gasteiger partial charge in [-0.05, 0) is 36.8 Å². The van der Waals surface area contributed by atoms with Gasteiger partial charge in [-0.2, -0.15) is 0 Å². The first-order valence-electron chi connectivity index (χ1n) is 7.35. The minimum absolute atomic E-state index is 0. The summed E-state index contributed by atoms with van der Waals surface area (Å²) in [7, 11) is -1.88. The Balaban J connectivity index is 0.00000243. The highest BCUT2D eigenvalue weighted by Crippen LogP contribution is 2.27. The summed E-state index contributed by atoms with van der Waals surface area (Å²) < 4.78 is 25.2. The number of hydrogen-bond donors (Lipinski definition) is 1. The van der Waals surface area contributed by atoms with Gasteiger partial charge < -0.3 is 4.57 Å². The van der Waals surface area contributed by atoms with E-state index in [1.54, 1.807) is 18.2 Å². The molecule has 2 aromatic carbocycles. The number of rotatable bonds is 3. The second kappa shape index (κ2) is 8.06. The van der Waals surface area contributed by atoms with Crippen LogP contribution in [0.25, 0.3) is 11.3 Å². The Morgan fingerprint density at radius 2 is 1.88 bits per heavy atom. The zero-order chi connectivity index (χ0) is 18.2. The monoisotopic (exact) mass is 473 g/mol. The van der Waals surface area contributed by atoms with Crippen LogP contribution in [-0.4, -0.2) is 13.0 Å². The maximum atomic E-state index is 11.6. The van der Waals surface area contributed by atoms with Crippen LogP contribution >= 0.6 is 39.9 Å². The third-order valence-corrected chi connectivity index (χ3v) is 5.95. The smallest absolute Gasteiger partial charge is 0.238 e. The lowest BCUT2D eigenvalue weighted by Gasteiger charge is -2.09. The van der Waals surface area contributed by atoms with Gasteiger partial charge in [-0.1, -0.05) is 29.8 Å². The van der Waals surface area contributed by atoms with Crippen LogP contribution in [0.4, 0.5) is 5.69 Å². The van der Waals surface area contributed by atoms with Crippen LogP contribution in [0.5, 0.6) is 0 Å². The number of nitrogens with zero attached hydrogens (tertiary/aromatic N) is 2. The molecule has 0 saturated carbocycles. The maximum absolute atomic E-state index is 11.6. The molecule has 3 rings (SSSR count). The van der Waals surface area contributed by atoms with Crippen molar-refractivity contribution >= 4 is 55.6 Å². The van der Waals surface area contributed by atoms with Crippen molar-refractivity contribution < 1.29 is 8.42 Å². The SMILES string of the molecule is Br.Cc1ccc(S(N)(=O)=O)cc1-c1cs/c(=N/c2ccccc2Cl)n1C. The Labute approximate surface area is 171 Å². The van der Waals surface area contributed by atoms with E-state index in [1.165, 1.54) is 17.4 Å². The number of para-hydroxylation sites is 1. The van der Waals surface area contributed by atoms with E-state index in [9.17, 15) is 8.42 Å². The molecule has 0 bridgehead atoms. The van der Waals surface area contributed by atoms with Gasteiger partial charge in [0, 0.05) is 18.0 Å². The van der Waals surface area contributed by atoms with Crippen molar-refractivity contribution in [2.45, 2.75) is 11.8 Å². The Morgan fingerprint density at radius 3 is 2.54 bits per heavy atom. The molecule has 1 heterocycles. The van der Waals surface area contributed by atoms with E-state index in [1.807, 2.05) is 42.1 Å². The fourth-order valence-electron chi connectivity index (χ4n) is 2.41. The molecule has 0 aliphatic carbocycles. The number of thiazole rings is 1. The van der Waals surface area contributed by atoms with Crippen molar-refractivity contribution in [1.29, 1.82) is 0 Å². The molecule has 26 heavy (non-hydrogen) atoms. The molecule has 0 unspecified atom stereocenters. The molecule has 0 spiro atoms. The molecule has 0 aliphatic heterocycles. The lowest BCUT2D eigenvalue weighted by Crippen LogP contribution is -2.13. The molecule has 0 amide bonds. The lowest BCUT2D eigenvalue weighted by atomic mass is 10.1. The van der Waals surface area contributed by atoms with Crippen molar-refractivity contribution in [3.8, 4) is 11.3 Å². The number of benzene rings is 2. The Bertz CT molecular complexity index is 1120. The quantitative estimate of drug-likeness (QED) is 0.618. The molecule has 3 aromatic rings. The highest BCUT2D eigenvalue weighted by Gasteiger charge is 2.13. The van der Waals surface area contributed by atoms with Gasteiger partial charge in [-0.25, -0.2) is 18.5 Å². The van der Waals surface area contributed by atoms with E-state index in [0.717, 1.165) is 21.6 Å². The molecule has 1 aromatic heterocycles. The largest absolute Gasteiger partial charge is 0.320 e. The van der Waals surface area contributed by atoms with E-state index >= 15 is 0 Å². The van der Waals surface area contributed by atoms with Crippen LogP contribution < -0.4 is 9.94 Å². The van der Waals surface area contributed by atoms with Crippen LogP contribution in [0.1, 0.15) is 5.56 Å². The van der Waals surface area contributed by atoms with Gasteiger partial charge in [0.15, 0.2) is 4.80 Å². The van der Waals surface area contributed by atoms with Crippen molar-refractivity contribution in [3.05, 3.63) is 63.2 Å². The van der Waals surface area contributed by atoms with Crippen LogP contribution in [0.3, 0.4) is 0 Å². The first kappa shape index (κ1) is 20.9. The minimum atomic E-state index is -3.76. The fraction of sp³-hybridized carbons (Fsp3) is 0.118. The minimum Gasteiger partial charge on any atom is -0.320 e. The molecule has 0 radical (unpaired) electrons. The topological polar surface area (TPSA) is 77.5 Å². The predicted octanol–water partition coefficient (Wildman–Crippen LogP) is 4.17. The van der Waals surface area contributed by atoms with E-state index in [2.05, 4.69) is 4.99 Å². The molecule has 5 nitrogen and oxygen atoms in total. The van der Waals surface area contributed by atoms with Gasteiger partial charge in [-0.15, -0.1) is 28.3 Å². The number of halogens is 2. The van der Waals surface area contributed by atoms with E-state index in [0.29, 0.717) is 10.7 Å². The summed E-state index contributed by atoms with van der Waals surface area (Å²) in [5, 5.41) is 7.76. The zero-order valence-corrected chi connectivity index (χ0v) is 18.1. The van der Waals surface area contributed by atoms with Gasteiger partial charge in [-0.3, -0.25) is 0 Å². The van der Waals surface area contributed by atoms with Crippen LogP contribution in [0, 0.1) is 6.92 Å². The first-order valence-corrected chi connectivity index (χ1v) is 10.2. The molecule has 0 atom stereocenters. The van der Waals surface area contributed by atoms with Crippen LogP contribution in [0.2, 0.25) is 5.02 Å². The standard InChI is InChI=1S/C17H16ClN3O2S2.BrH/c1-11-7-8-12(25(19,22)23)9-13(11)16-10-24-17(21(16)2)20-15-6-4-3-5-14(15)18;/h3-10H,1-2H3,(H2,19,22,23);1H/b20-17+;. The predicted molar refractivity (Wildman–Crippen MR) is 112 cm³/mol. The van der Waals surface area contributed by atoms with Crippen LogP contribution in [-0.2, 0) is 17.1 Å². The summed E-state index contributed by atoms with van der Waals surface area (Å²) in [6.07, 6.45) is 0. The molecule has 9 heteroatoms. The summed E-state index contributed by atoms with van der Waals surface area (Å²) in [4.78, 5) is 5.43. The molecule has 0 saturated heterocycles. The number of nitrogens with two attached hydrogens (primary N) is 1. The molecule has 2 N–H and O–H groups in total. The molecular formula is C17H17BrClN3O2S2. The summed E-state index contributed by atoms with van der Waals surface area (Å²) in [5.41, 5.74) is 3.29. The second-order valence-electron chi connectivity index (χ2n) is 5.55. The van der Waals surface area contributed by atoms with Gasteiger partial charge in [0.2, 0.25) is 10.0 Å². The van der Waals surface area contributed by atoms with E-state index in [4.69, 9.17) is 16.7 Å².